The Morgan fingerprint density at radius 1 is 1.53 bits per heavy atom. The van der Waals surface area contributed by atoms with Crippen LogP contribution in [0.25, 0.3) is 0 Å². The maximum atomic E-state index is 13.8. The molecule has 1 heterocycles. The van der Waals surface area contributed by atoms with Gasteiger partial charge in [0.05, 0.1) is 15.8 Å². The van der Waals surface area contributed by atoms with E-state index in [2.05, 4.69) is 15.9 Å². The summed E-state index contributed by atoms with van der Waals surface area (Å²) in [6, 6.07) is 1.62. The number of halogens is 2. The Bertz CT molecular complexity index is 448. The number of benzene rings is 1. The van der Waals surface area contributed by atoms with E-state index in [-0.39, 0.29) is 16.2 Å². The summed E-state index contributed by atoms with van der Waals surface area (Å²) in [5.74, 6) is -0.368. The van der Waals surface area contributed by atoms with Crippen molar-refractivity contribution in [3.8, 4) is 0 Å². The van der Waals surface area contributed by atoms with E-state index in [1.165, 1.54) is 4.90 Å². The molecule has 0 saturated heterocycles. The van der Waals surface area contributed by atoms with Gasteiger partial charge in [0.1, 0.15) is 5.82 Å². The smallest absolute Gasteiger partial charge is 0.227 e. The normalized spacial score (nSPS) is 15.4. The van der Waals surface area contributed by atoms with Gasteiger partial charge in [-0.25, -0.2) is 4.39 Å². The molecule has 5 heteroatoms. The number of nitrogens with two attached hydrogens (primary N) is 1. The molecule has 1 amide bonds. The quantitative estimate of drug-likeness (QED) is 0.735. The third kappa shape index (κ3) is 1.51. The third-order valence-electron chi connectivity index (χ3n) is 2.64. The number of amides is 1. The van der Waals surface area contributed by atoms with E-state index in [9.17, 15) is 9.18 Å². The zero-order valence-electron chi connectivity index (χ0n) is 8.18. The molecule has 0 bridgehead atoms. The van der Waals surface area contributed by atoms with Crippen LogP contribution in [0.4, 0.5) is 15.8 Å². The topological polar surface area (TPSA) is 46.3 Å². The predicted molar refractivity (Wildman–Crippen MR) is 60.2 cm³/mol. The Labute approximate surface area is 95.2 Å². The van der Waals surface area contributed by atoms with E-state index >= 15 is 0 Å². The molecule has 2 N–H and O–H groups in total. The van der Waals surface area contributed by atoms with Crippen molar-refractivity contribution < 1.29 is 9.18 Å². The van der Waals surface area contributed by atoms with Crippen LogP contribution in [0.5, 0.6) is 0 Å². The van der Waals surface area contributed by atoms with Crippen LogP contribution in [0.2, 0.25) is 0 Å². The summed E-state index contributed by atoms with van der Waals surface area (Å²) in [7, 11) is 1.63. The van der Waals surface area contributed by atoms with Gasteiger partial charge in [0, 0.05) is 19.0 Å². The number of nitrogen functional groups attached to an aromatic ring is 1. The maximum absolute atomic E-state index is 13.8. The Morgan fingerprint density at radius 2 is 2.20 bits per heavy atom. The van der Waals surface area contributed by atoms with Gasteiger partial charge >= 0.3 is 0 Å². The van der Waals surface area contributed by atoms with Crippen molar-refractivity contribution in [1.29, 1.82) is 0 Å². The van der Waals surface area contributed by atoms with Crippen LogP contribution < -0.4 is 10.6 Å². The second-order valence-electron chi connectivity index (χ2n) is 3.54. The molecule has 0 radical (unpaired) electrons. The van der Waals surface area contributed by atoms with Gasteiger partial charge in [-0.15, -0.1) is 0 Å². The molecule has 1 aliphatic heterocycles. The van der Waals surface area contributed by atoms with Gasteiger partial charge in [-0.1, -0.05) is 0 Å². The average molecular weight is 273 g/mol. The number of carbonyl (C=O) groups is 1. The third-order valence-corrected chi connectivity index (χ3v) is 3.44. The van der Waals surface area contributed by atoms with Crippen molar-refractivity contribution in [3.05, 3.63) is 21.9 Å². The molecule has 0 fully saturated rings. The lowest BCUT2D eigenvalue weighted by molar-refractivity contribution is -0.118. The van der Waals surface area contributed by atoms with E-state index in [1.807, 2.05) is 0 Å². The number of nitrogens with zero attached hydrogens (tertiary/aromatic N) is 1. The predicted octanol–water partition coefficient (Wildman–Crippen LogP) is 2.08. The van der Waals surface area contributed by atoms with Gasteiger partial charge in [-0.2, -0.15) is 0 Å². The molecule has 0 atom stereocenters. The van der Waals surface area contributed by atoms with E-state index in [1.54, 1.807) is 13.1 Å². The van der Waals surface area contributed by atoms with Crippen molar-refractivity contribution in [2.75, 3.05) is 17.7 Å². The van der Waals surface area contributed by atoms with Crippen LogP contribution in [-0.4, -0.2) is 13.0 Å². The molecule has 1 aliphatic rings. The van der Waals surface area contributed by atoms with Gasteiger partial charge < -0.3 is 10.6 Å². The Morgan fingerprint density at radius 3 is 2.87 bits per heavy atom. The second kappa shape index (κ2) is 3.48. The van der Waals surface area contributed by atoms with E-state index < -0.39 is 0 Å². The van der Waals surface area contributed by atoms with Crippen molar-refractivity contribution in [2.24, 2.45) is 0 Å². The van der Waals surface area contributed by atoms with Crippen molar-refractivity contribution in [3.63, 3.8) is 0 Å². The number of rotatable bonds is 0. The SMILES string of the molecule is CN1C(=O)CCc2c1cc(N)c(Br)c2F. The summed E-state index contributed by atoms with van der Waals surface area (Å²) < 4.78 is 14.1. The molecule has 1 aromatic carbocycles. The Kier molecular flexibility index (Phi) is 2.42. The van der Waals surface area contributed by atoms with E-state index in [4.69, 9.17) is 5.73 Å². The number of hydrogen-bond acceptors (Lipinski definition) is 2. The molecular weight excluding hydrogens is 263 g/mol. The van der Waals surface area contributed by atoms with Gasteiger partial charge in [0.25, 0.3) is 0 Å². The number of anilines is 2. The molecule has 0 unspecified atom stereocenters. The van der Waals surface area contributed by atoms with Crippen molar-refractivity contribution in [2.45, 2.75) is 12.8 Å². The Hall–Kier alpha value is -1.10. The summed E-state index contributed by atoms with van der Waals surface area (Å²) >= 11 is 3.09. The first kappa shape index (κ1) is 10.4. The molecule has 15 heavy (non-hydrogen) atoms. The summed E-state index contributed by atoms with van der Waals surface area (Å²) in [5, 5.41) is 0. The summed E-state index contributed by atoms with van der Waals surface area (Å²) in [4.78, 5) is 12.9. The lowest BCUT2D eigenvalue weighted by atomic mass is 10.0. The van der Waals surface area contributed by atoms with Crippen LogP contribution in [0.15, 0.2) is 10.5 Å². The minimum atomic E-state index is -0.357. The van der Waals surface area contributed by atoms with E-state index in [0.29, 0.717) is 29.8 Å². The number of fused-ring (bicyclic) bond motifs is 1. The average Bonchev–Trinajstić information content (AvgIpc) is 2.21. The fourth-order valence-electron chi connectivity index (χ4n) is 1.74. The van der Waals surface area contributed by atoms with Crippen LogP contribution in [0.3, 0.4) is 0 Å². The highest BCUT2D eigenvalue weighted by Gasteiger charge is 2.25. The largest absolute Gasteiger partial charge is 0.398 e. The highest BCUT2D eigenvalue weighted by atomic mass is 79.9. The first-order chi connectivity index (χ1) is 7.02. The van der Waals surface area contributed by atoms with Gasteiger partial charge in [-0.05, 0) is 28.4 Å². The van der Waals surface area contributed by atoms with Gasteiger partial charge in [0.15, 0.2) is 0 Å². The fraction of sp³-hybridized carbons (Fsp3) is 0.300. The minimum absolute atomic E-state index is 0.0105. The first-order valence-corrected chi connectivity index (χ1v) is 5.34. The van der Waals surface area contributed by atoms with Crippen molar-refractivity contribution >= 4 is 33.2 Å². The van der Waals surface area contributed by atoms with Crippen molar-refractivity contribution in [1.82, 2.24) is 0 Å². The minimum Gasteiger partial charge on any atom is -0.398 e. The maximum Gasteiger partial charge on any atom is 0.227 e. The number of carbonyl (C=O) groups excluding carboxylic acids is 1. The molecule has 1 aromatic rings. The van der Waals surface area contributed by atoms with Crippen LogP contribution >= 0.6 is 15.9 Å². The molecule has 0 aromatic heterocycles. The fourth-order valence-corrected chi connectivity index (χ4v) is 2.09. The molecule has 2 rings (SSSR count). The van der Waals surface area contributed by atoms with Gasteiger partial charge in [-0.3, -0.25) is 4.79 Å². The van der Waals surface area contributed by atoms with Crippen LogP contribution in [0.1, 0.15) is 12.0 Å². The monoisotopic (exact) mass is 272 g/mol. The van der Waals surface area contributed by atoms with E-state index in [0.717, 1.165) is 0 Å². The molecule has 3 nitrogen and oxygen atoms in total. The molecule has 0 saturated carbocycles. The Balaban J connectivity index is 2.66. The first-order valence-electron chi connectivity index (χ1n) is 4.55. The number of hydrogen-bond donors (Lipinski definition) is 1. The highest BCUT2D eigenvalue weighted by molar-refractivity contribution is 9.10. The second-order valence-corrected chi connectivity index (χ2v) is 4.34. The van der Waals surface area contributed by atoms with Crippen LogP contribution in [-0.2, 0) is 11.2 Å². The molecule has 0 spiro atoms. The summed E-state index contributed by atoms with van der Waals surface area (Å²) in [6.07, 6.45) is 0.778. The van der Waals surface area contributed by atoms with Crippen LogP contribution in [0, 0.1) is 5.82 Å². The zero-order chi connectivity index (χ0) is 11.2. The highest BCUT2D eigenvalue weighted by Crippen LogP contribution is 2.36. The summed E-state index contributed by atoms with van der Waals surface area (Å²) in [6.45, 7) is 0. The standard InChI is InChI=1S/C10H10BrFN2O/c1-14-7-4-6(13)9(11)10(12)5(7)2-3-8(14)15/h4H,2-3,13H2,1H3. The summed E-state index contributed by atoms with van der Waals surface area (Å²) in [5.41, 5.74) is 7.07. The molecule has 0 aliphatic carbocycles. The molecular formula is C10H10BrFN2O. The molecule has 80 valence electrons. The lowest BCUT2D eigenvalue weighted by Gasteiger charge is -2.26. The zero-order valence-corrected chi connectivity index (χ0v) is 9.77. The lowest BCUT2D eigenvalue weighted by Crippen LogP contribution is -2.31. The van der Waals surface area contributed by atoms with Gasteiger partial charge in [0.2, 0.25) is 5.91 Å².